The minimum Gasteiger partial charge on any atom is -0.378 e. The Kier molecular flexibility index (Phi) is 7.48. The van der Waals surface area contributed by atoms with Crippen molar-refractivity contribution in [1.82, 2.24) is 19.9 Å². The van der Waals surface area contributed by atoms with Crippen molar-refractivity contribution in [1.29, 1.82) is 0 Å². The van der Waals surface area contributed by atoms with Crippen LogP contribution in [-0.2, 0) is 17.3 Å². The van der Waals surface area contributed by atoms with Crippen molar-refractivity contribution in [3.63, 3.8) is 0 Å². The third-order valence-electron chi connectivity index (χ3n) is 4.90. The number of pyridine rings is 1. The van der Waals surface area contributed by atoms with Crippen molar-refractivity contribution in [2.24, 2.45) is 5.10 Å². The predicted molar refractivity (Wildman–Crippen MR) is 122 cm³/mol. The first-order valence-corrected chi connectivity index (χ1v) is 10.7. The van der Waals surface area contributed by atoms with Gasteiger partial charge >= 0.3 is 6.18 Å². The number of aromatic nitrogens is 4. The summed E-state index contributed by atoms with van der Waals surface area (Å²) in [7, 11) is 0. The Bertz CT molecular complexity index is 1100. The van der Waals surface area contributed by atoms with E-state index in [9.17, 15) is 13.2 Å². The van der Waals surface area contributed by atoms with E-state index < -0.39 is 11.7 Å². The molecule has 1 aliphatic rings. The summed E-state index contributed by atoms with van der Waals surface area (Å²) in [6.07, 6.45) is -0.731. The molecule has 2 aromatic heterocycles. The lowest BCUT2D eigenvalue weighted by Gasteiger charge is -2.27. The molecule has 0 atom stereocenters. The zero-order valence-corrected chi connectivity index (χ0v) is 18.2. The summed E-state index contributed by atoms with van der Waals surface area (Å²) in [6.45, 7) is 2.93. The highest BCUT2D eigenvalue weighted by molar-refractivity contribution is 5.80. The highest BCUT2D eigenvalue weighted by Crippen LogP contribution is 2.29. The van der Waals surface area contributed by atoms with Crippen LogP contribution >= 0.6 is 0 Å². The van der Waals surface area contributed by atoms with Gasteiger partial charge in [-0.15, -0.1) is 0 Å². The van der Waals surface area contributed by atoms with Crippen LogP contribution in [0.2, 0.25) is 0 Å². The molecular formula is C22H23F3N8O. The second-order valence-corrected chi connectivity index (χ2v) is 7.37. The highest BCUT2D eigenvalue weighted by Gasteiger charge is 2.30. The van der Waals surface area contributed by atoms with Crippen LogP contribution in [0, 0.1) is 0 Å². The third kappa shape index (κ3) is 6.61. The van der Waals surface area contributed by atoms with Gasteiger partial charge in [-0.2, -0.15) is 33.2 Å². The number of hydrogen-bond acceptors (Lipinski definition) is 9. The van der Waals surface area contributed by atoms with Crippen LogP contribution in [0.1, 0.15) is 16.8 Å². The lowest BCUT2D eigenvalue weighted by Crippen LogP contribution is -2.37. The quantitative estimate of drug-likeness (QED) is 0.381. The van der Waals surface area contributed by atoms with Crippen molar-refractivity contribution in [3.8, 4) is 0 Å². The number of halogens is 3. The van der Waals surface area contributed by atoms with Crippen molar-refractivity contribution in [2.75, 3.05) is 48.5 Å². The van der Waals surface area contributed by atoms with Gasteiger partial charge in [-0.25, -0.2) is 5.43 Å². The monoisotopic (exact) mass is 472 g/mol. The molecule has 0 amide bonds. The Balaban J connectivity index is 1.47. The highest BCUT2D eigenvalue weighted by atomic mass is 19.4. The molecule has 1 fully saturated rings. The van der Waals surface area contributed by atoms with E-state index in [1.807, 2.05) is 23.1 Å². The summed E-state index contributed by atoms with van der Waals surface area (Å²) in [5.74, 6) is 0.972. The molecule has 0 spiro atoms. The maximum absolute atomic E-state index is 12.9. The molecule has 9 nitrogen and oxygen atoms in total. The number of rotatable bonds is 8. The molecule has 1 aliphatic heterocycles. The van der Waals surface area contributed by atoms with E-state index in [4.69, 9.17) is 4.74 Å². The maximum Gasteiger partial charge on any atom is 0.416 e. The topological polar surface area (TPSA) is 100 Å². The second-order valence-electron chi connectivity index (χ2n) is 7.37. The standard InChI is InChI=1S/C22H23F3N8O/c23-22(24,25)17-5-3-4-16(14-17)15-28-32-20-29-19(27-9-7-18-6-1-2-8-26-18)30-21(31-20)33-10-12-34-13-11-33/h1-6,8,14-15H,7,9-13H2,(H2,27,29,30,31,32)/b28-15+. The van der Waals surface area contributed by atoms with Gasteiger partial charge in [-0.05, 0) is 29.8 Å². The summed E-state index contributed by atoms with van der Waals surface area (Å²) < 4.78 is 44.1. The van der Waals surface area contributed by atoms with Crippen LogP contribution in [0.25, 0.3) is 0 Å². The van der Waals surface area contributed by atoms with Crippen LogP contribution in [0.15, 0.2) is 53.8 Å². The van der Waals surface area contributed by atoms with Crippen LogP contribution < -0.4 is 15.6 Å². The molecule has 2 N–H and O–H groups in total. The predicted octanol–water partition coefficient (Wildman–Crippen LogP) is 3.22. The zero-order valence-electron chi connectivity index (χ0n) is 18.2. The Hall–Kier alpha value is -3.80. The largest absolute Gasteiger partial charge is 0.416 e. The minimum absolute atomic E-state index is 0.167. The van der Waals surface area contributed by atoms with Crippen LogP contribution in [0.3, 0.4) is 0 Å². The van der Waals surface area contributed by atoms with E-state index in [2.05, 4.69) is 35.8 Å². The molecule has 0 unspecified atom stereocenters. The van der Waals surface area contributed by atoms with E-state index in [1.165, 1.54) is 18.3 Å². The van der Waals surface area contributed by atoms with E-state index in [1.54, 1.807) is 6.20 Å². The number of nitrogens with one attached hydrogen (secondary N) is 2. The minimum atomic E-state index is -4.42. The average Bonchev–Trinajstić information content (AvgIpc) is 2.85. The molecule has 178 valence electrons. The van der Waals surface area contributed by atoms with Crippen molar-refractivity contribution in [2.45, 2.75) is 12.6 Å². The summed E-state index contributed by atoms with van der Waals surface area (Å²) in [5.41, 5.74) is 3.17. The number of alkyl halides is 3. The number of hydrazone groups is 1. The number of hydrogen-bond donors (Lipinski definition) is 2. The Labute approximate surface area is 194 Å². The smallest absolute Gasteiger partial charge is 0.378 e. The van der Waals surface area contributed by atoms with Gasteiger partial charge in [-0.3, -0.25) is 4.98 Å². The van der Waals surface area contributed by atoms with E-state index in [0.717, 1.165) is 17.8 Å². The number of nitrogens with zero attached hydrogens (tertiary/aromatic N) is 6. The van der Waals surface area contributed by atoms with E-state index >= 15 is 0 Å². The Morgan fingerprint density at radius 3 is 2.62 bits per heavy atom. The lowest BCUT2D eigenvalue weighted by molar-refractivity contribution is -0.137. The zero-order chi connectivity index (χ0) is 23.8. The fourth-order valence-corrected chi connectivity index (χ4v) is 3.21. The van der Waals surface area contributed by atoms with Crippen molar-refractivity contribution < 1.29 is 17.9 Å². The fourth-order valence-electron chi connectivity index (χ4n) is 3.21. The first-order valence-electron chi connectivity index (χ1n) is 10.7. The summed E-state index contributed by atoms with van der Waals surface area (Å²) in [4.78, 5) is 19.5. The SMILES string of the molecule is FC(F)(F)c1cccc(/C=N/Nc2nc(NCCc3ccccn3)nc(N3CCOCC3)n2)c1. The Morgan fingerprint density at radius 2 is 1.85 bits per heavy atom. The molecule has 1 aromatic carbocycles. The fraction of sp³-hybridized carbons (Fsp3) is 0.318. The molecular weight excluding hydrogens is 449 g/mol. The number of morpholine rings is 1. The van der Waals surface area contributed by atoms with E-state index in [-0.39, 0.29) is 5.95 Å². The summed E-state index contributed by atoms with van der Waals surface area (Å²) >= 11 is 0. The molecule has 0 saturated carbocycles. The van der Waals surface area contributed by atoms with Gasteiger partial charge in [0.1, 0.15) is 0 Å². The van der Waals surface area contributed by atoms with Gasteiger partial charge in [-0.1, -0.05) is 18.2 Å². The van der Waals surface area contributed by atoms with Gasteiger partial charge in [0.25, 0.3) is 0 Å². The van der Waals surface area contributed by atoms with E-state index in [0.29, 0.717) is 56.7 Å². The lowest BCUT2D eigenvalue weighted by atomic mass is 10.1. The summed E-state index contributed by atoms with van der Waals surface area (Å²) in [5, 5.41) is 7.18. The molecule has 0 radical (unpaired) electrons. The molecule has 12 heteroatoms. The molecule has 3 heterocycles. The van der Waals surface area contributed by atoms with Gasteiger partial charge in [0, 0.05) is 37.9 Å². The van der Waals surface area contributed by atoms with Gasteiger partial charge in [0.05, 0.1) is 25.0 Å². The average molecular weight is 472 g/mol. The summed E-state index contributed by atoms with van der Waals surface area (Å²) in [6, 6.07) is 10.6. The van der Waals surface area contributed by atoms with Crippen LogP contribution in [0.4, 0.5) is 31.0 Å². The molecule has 0 bridgehead atoms. The first-order chi connectivity index (χ1) is 16.5. The van der Waals surface area contributed by atoms with Crippen LogP contribution in [0.5, 0.6) is 0 Å². The molecule has 4 rings (SSSR count). The van der Waals surface area contributed by atoms with Gasteiger partial charge in [0.2, 0.25) is 17.8 Å². The van der Waals surface area contributed by atoms with Gasteiger partial charge < -0.3 is 15.0 Å². The Morgan fingerprint density at radius 1 is 1.03 bits per heavy atom. The van der Waals surface area contributed by atoms with Gasteiger partial charge in [0.15, 0.2) is 0 Å². The normalized spacial score (nSPS) is 14.4. The molecule has 34 heavy (non-hydrogen) atoms. The second kappa shape index (κ2) is 10.9. The number of ether oxygens (including phenoxy) is 1. The van der Waals surface area contributed by atoms with Crippen LogP contribution in [-0.4, -0.2) is 59.0 Å². The molecule has 1 saturated heterocycles. The number of anilines is 3. The molecule has 3 aromatic rings. The maximum atomic E-state index is 12.9. The first kappa shape index (κ1) is 23.4. The molecule has 0 aliphatic carbocycles. The third-order valence-corrected chi connectivity index (χ3v) is 4.90. The number of benzene rings is 1. The van der Waals surface area contributed by atoms with Crippen molar-refractivity contribution >= 4 is 24.1 Å². The van der Waals surface area contributed by atoms with Crippen molar-refractivity contribution in [3.05, 3.63) is 65.5 Å².